The molecule has 0 aromatic heterocycles. The van der Waals surface area contributed by atoms with Crippen LogP contribution in [0.25, 0.3) is 5.53 Å². The maximum Gasteiger partial charge on any atom is 0.408 e. The smallest absolute Gasteiger partial charge is 0.408 e. The van der Waals surface area contributed by atoms with E-state index in [-0.39, 0.29) is 0 Å². The maximum absolute atomic E-state index is 12.0. The Hall–Kier alpha value is -2.41. The number of rotatable bonds is 5. The molecule has 0 saturated carbocycles. The first-order valence-corrected chi connectivity index (χ1v) is 7.45. The van der Waals surface area contributed by atoms with Gasteiger partial charge in [0, 0.05) is 0 Å². The average Bonchev–Trinajstić information content (AvgIpc) is 2.31. The van der Waals surface area contributed by atoms with E-state index in [2.05, 4.69) is 15.4 Å². The topological polar surface area (TPSA) is 130 Å². The second-order valence-electron chi connectivity index (χ2n) is 7.21. The molecule has 136 valence electrons. The lowest BCUT2D eigenvalue weighted by atomic mass is 10.1. The quantitative estimate of drug-likeness (QED) is 0.446. The average molecular weight is 342 g/mol. The Morgan fingerprint density at radius 3 is 1.75 bits per heavy atom. The number of amides is 2. The molecule has 0 spiro atoms. The highest BCUT2D eigenvalue weighted by Crippen LogP contribution is 2.09. The van der Waals surface area contributed by atoms with Crippen molar-refractivity contribution in [3.8, 4) is 0 Å². The Morgan fingerprint density at radius 1 is 0.958 bits per heavy atom. The molecule has 0 aliphatic heterocycles. The summed E-state index contributed by atoms with van der Waals surface area (Å²) in [6.45, 7) is 11.6. The zero-order chi connectivity index (χ0) is 19.1. The predicted molar refractivity (Wildman–Crippen MR) is 86.7 cm³/mol. The van der Waals surface area contributed by atoms with Crippen LogP contribution in [-0.4, -0.2) is 52.3 Å². The van der Waals surface area contributed by atoms with Crippen LogP contribution in [0.5, 0.6) is 0 Å². The number of Topliss-reactive ketones (excluding diaryl/α,β-unsaturated/α-hetero) is 1. The summed E-state index contributed by atoms with van der Waals surface area (Å²) in [6.07, 6.45) is -0.959. The Morgan fingerprint density at radius 2 is 1.38 bits per heavy atom. The van der Waals surface area contributed by atoms with Crippen LogP contribution >= 0.6 is 0 Å². The molecule has 0 heterocycles. The van der Waals surface area contributed by atoms with Gasteiger partial charge in [-0.2, -0.15) is 4.79 Å². The van der Waals surface area contributed by atoms with Gasteiger partial charge in [-0.1, -0.05) is 0 Å². The van der Waals surface area contributed by atoms with Gasteiger partial charge in [0.25, 0.3) is 5.78 Å². The van der Waals surface area contributed by atoms with E-state index in [0.717, 1.165) is 0 Å². The van der Waals surface area contributed by atoms with E-state index >= 15 is 0 Å². The van der Waals surface area contributed by atoms with Crippen LogP contribution in [0.4, 0.5) is 9.59 Å². The number of ether oxygens (including phenoxy) is 2. The number of carbonyl (C=O) groups is 3. The maximum atomic E-state index is 12.0. The fourth-order valence-electron chi connectivity index (χ4n) is 1.59. The third kappa shape index (κ3) is 9.58. The summed E-state index contributed by atoms with van der Waals surface area (Å²) in [5.74, 6) is -0.716. The highest BCUT2D eigenvalue weighted by Gasteiger charge is 2.32. The molecule has 0 rings (SSSR count). The van der Waals surface area contributed by atoms with E-state index in [1.807, 2.05) is 0 Å². The number of ketones is 1. The fourth-order valence-corrected chi connectivity index (χ4v) is 1.59. The molecule has 0 radical (unpaired) electrons. The second kappa shape index (κ2) is 8.44. The monoisotopic (exact) mass is 342 g/mol. The minimum Gasteiger partial charge on any atom is -0.444 e. The van der Waals surface area contributed by atoms with Gasteiger partial charge in [0.1, 0.15) is 17.2 Å². The van der Waals surface area contributed by atoms with Gasteiger partial charge in [-0.05, 0) is 48.5 Å². The Balaban J connectivity index is 5.06. The number of hydrogen-bond donors (Lipinski definition) is 2. The SMILES string of the molecule is C[C@@H](NC(=O)OC(C)(C)C)[C@H](NC(=O)OC(C)(C)C)C(=O)C=[N+]=[N-]. The number of hydrogen-bond acceptors (Lipinski definition) is 5. The van der Waals surface area contributed by atoms with Crippen molar-refractivity contribution >= 4 is 24.2 Å². The molecular formula is C15H26N4O5. The van der Waals surface area contributed by atoms with E-state index in [4.69, 9.17) is 15.0 Å². The number of nitrogens with one attached hydrogen (secondary N) is 2. The number of nitrogens with zero attached hydrogens (tertiary/aromatic N) is 2. The predicted octanol–water partition coefficient (Wildman–Crippen LogP) is 1.66. The van der Waals surface area contributed by atoms with Crippen molar-refractivity contribution in [1.29, 1.82) is 0 Å². The molecule has 0 saturated heterocycles. The van der Waals surface area contributed by atoms with Gasteiger partial charge in [0.15, 0.2) is 0 Å². The van der Waals surface area contributed by atoms with Crippen molar-refractivity contribution in [3.63, 3.8) is 0 Å². The first-order valence-electron chi connectivity index (χ1n) is 7.45. The third-order valence-electron chi connectivity index (χ3n) is 2.41. The molecule has 9 nitrogen and oxygen atoms in total. The van der Waals surface area contributed by atoms with Gasteiger partial charge >= 0.3 is 18.4 Å². The Kier molecular flexibility index (Phi) is 7.60. The van der Waals surface area contributed by atoms with Gasteiger partial charge in [-0.25, -0.2) is 9.59 Å². The van der Waals surface area contributed by atoms with Crippen LogP contribution in [0, 0.1) is 0 Å². The van der Waals surface area contributed by atoms with Crippen LogP contribution in [0.15, 0.2) is 0 Å². The summed E-state index contributed by atoms with van der Waals surface area (Å²) in [4.78, 5) is 38.3. The van der Waals surface area contributed by atoms with Crippen LogP contribution in [0.1, 0.15) is 48.5 Å². The van der Waals surface area contributed by atoms with Crippen molar-refractivity contribution in [2.75, 3.05) is 0 Å². The molecule has 0 aliphatic carbocycles. The van der Waals surface area contributed by atoms with Gasteiger partial charge in [-0.3, -0.25) is 4.79 Å². The summed E-state index contributed by atoms with van der Waals surface area (Å²) in [7, 11) is 0. The van der Waals surface area contributed by atoms with Gasteiger partial charge < -0.3 is 25.6 Å². The van der Waals surface area contributed by atoms with Gasteiger partial charge in [-0.15, -0.1) is 0 Å². The zero-order valence-corrected chi connectivity index (χ0v) is 15.2. The van der Waals surface area contributed by atoms with Crippen LogP contribution in [0.3, 0.4) is 0 Å². The van der Waals surface area contributed by atoms with E-state index in [0.29, 0.717) is 6.21 Å². The van der Waals surface area contributed by atoms with E-state index in [9.17, 15) is 14.4 Å². The zero-order valence-electron chi connectivity index (χ0n) is 15.2. The van der Waals surface area contributed by atoms with E-state index < -0.39 is 41.3 Å². The van der Waals surface area contributed by atoms with Crippen molar-refractivity contribution in [2.24, 2.45) is 0 Å². The molecule has 2 amide bonds. The lowest BCUT2D eigenvalue weighted by molar-refractivity contribution is -0.118. The van der Waals surface area contributed by atoms with Crippen LogP contribution < -0.4 is 10.6 Å². The first kappa shape index (κ1) is 21.6. The van der Waals surface area contributed by atoms with Gasteiger partial charge in [0.2, 0.25) is 0 Å². The van der Waals surface area contributed by atoms with E-state index in [1.54, 1.807) is 41.5 Å². The van der Waals surface area contributed by atoms with Crippen LogP contribution in [0.2, 0.25) is 0 Å². The molecule has 2 atom stereocenters. The summed E-state index contributed by atoms with van der Waals surface area (Å²) in [5, 5.41) is 4.79. The van der Waals surface area contributed by atoms with Crippen molar-refractivity contribution in [2.45, 2.75) is 71.8 Å². The normalized spacial score (nSPS) is 13.8. The second-order valence-corrected chi connectivity index (χ2v) is 7.21. The molecule has 0 aromatic carbocycles. The molecule has 0 unspecified atom stereocenters. The standard InChI is InChI=1S/C15H26N4O5/c1-9(18-12(21)23-14(2,3)4)11(10(20)8-17-16)19-13(22)24-15(5,6)7/h8-9,11H,1-7H3,(H,18,21)(H,19,22)/t9-,11+/m1/s1. The molecule has 24 heavy (non-hydrogen) atoms. The molecule has 2 N–H and O–H groups in total. The van der Waals surface area contributed by atoms with E-state index in [1.165, 1.54) is 6.92 Å². The van der Waals surface area contributed by atoms with Gasteiger partial charge in [0.05, 0.1) is 6.04 Å². The molecule has 0 fully saturated rings. The van der Waals surface area contributed by atoms with Crippen molar-refractivity contribution in [3.05, 3.63) is 5.53 Å². The lowest BCUT2D eigenvalue weighted by Crippen LogP contribution is -2.56. The van der Waals surface area contributed by atoms with Crippen LogP contribution in [-0.2, 0) is 14.3 Å². The highest BCUT2D eigenvalue weighted by molar-refractivity contribution is 6.28. The summed E-state index contributed by atoms with van der Waals surface area (Å²) in [6, 6.07) is -2.03. The molecule has 0 aliphatic rings. The van der Waals surface area contributed by atoms with Crippen molar-refractivity contribution in [1.82, 2.24) is 10.6 Å². The largest absolute Gasteiger partial charge is 0.444 e. The number of carbonyl (C=O) groups excluding carboxylic acids is 3. The third-order valence-corrected chi connectivity index (χ3v) is 2.41. The van der Waals surface area contributed by atoms with Crippen molar-refractivity contribution < 1.29 is 28.6 Å². The molecular weight excluding hydrogens is 316 g/mol. The molecule has 0 aromatic rings. The Labute approximate surface area is 141 Å². The summed E-state index contributed by atoms with van der Waals surface area (Å²) in [5.41, 5.74) is 7.04. The number of alkyl carbamates (subject to hydrolysis) is 2. The Bertz CT molecular complexity index is 527. The highest BCUT2D eigenvalue weighted by atomic mass is 16.6. The summed E-state index contributed by atoms with van der Waals surface area (Å²) >= 11 is 0. The fraction of sp³-hybridized carbons (Fsp3) is 0.733. The lowest BCUT2D eigenvalue weighted by Gasteiger charge is -2.27. The minimum atomic E-state index is -1.19. The molecule has 0 bridgehead atoms. The first-order chi connectivity index (χ1) is 10.7. The minimum absolute atomic E-state index is 0.634. The summed E-state index contributed by atoms with van der Waals surface area (Å²) < 4.78 is 10.2. The molecule has 9 heteroatoms.